The Balaban J connectivity index is 1.50. The van der Waals surface area contributed by atoms with Gasteiger partial charge in [0.05, 0.1) is 5.69 Å². The Morgan fingerprint density at radius 2 is 1.79 bits per heavy atom. The molecule has 1 aliphatic rings. The highest BCUT2D eigenvalue weighted by Crippen LogP contribution is 2.47. The van der Waals surface area contributed by atoms with Crippen LogP contribution in [0, 0.1) is 0 Å². The zero-order chi connectivity index (χ0) is 16.6. The van der Waals surface area contributed by atoms with Crippen molar-refractivity contribution < 1.29 is 0 Å². The number of hydrogen-bond donors (Lipinski definition) is 1. The third-order valence-electron chi connectivity index (χ3n) is 4.72. The number of rotatable bonds is 5. The van der Waals surface area contributed by atoms with E-state index in [1.165, 1.54) is 11.1 Å². The number of nitrogens with zero attached hydrogens (tertiary/aromatic N) is 3. The van der Waals surface area contributed by atoms with Gasteiger partial charge in [0.25, 0.3) is 0 Å². The number of aromatic nitrogens is 3. The fourth-order valence-corrected chi connectivity index (χ4v) is 3.29. The Morgan fingerprint density at radius 1 is 1.08 bits per heavy atom. The van der Waals surface area contributed by atoms with Crippen LogP contribution >= 0.6 is 11.6 Å². The van der Waals surface area contributed by atoms with E-state index in [-0.39, 0.29) is 11.6 Å². The Labute approximate surface area is 146 Å². The molecule has 0 spiro atoms. The molecule has 24 heavy (non-hydrogen) atoms. The molecule has 1 N–H and O–H groups in total. The van der Waals surface area contributed by atoms with E-state index in [4.69, 9.17) is 11.6 Å². The van der Waals surface area contributed by atoms with Gasteiger partial charge in [0.2, 0.25) is 0 Å². The normalized spacial score (nSPS) is 16.8. The largest absolute Gasteiger partial charge is 0.301 e. The molecule has 0 radical (unpaired) electrons. The fourth-order valence-electron chi connectivity index (χ4n) is 3.17. The molecule has 0 aliphatic heterocycles. The van der Waals surface area contributed by atoms with Crippen molar-refractivity contribution in [1.29, 1.82) is 0 Å². The van der Waals surface area contributed by atoms with E-state index >= 15 is 0 Å². The van der Waals surface area contributed by atoms with Crippen molar-refractivity contribution in [1.82, 2.24) is 20.1 Å². The summed E-state index contributed by atoms with van der Waals surface area (Å²) in [6, 6.07) is 16.9. The van der Waals surface area contributed by atoms with E-state index in [1.807, 2.05) is 12.1 Å². The lowest BCUT2D eigenvalue weighted by atomic mass is 10.0. The standard InChI is InChI=1S/C19H19ClN4/c1-14(15-2-8-18(9-3-15)24-13-21-12-22-24)23-19(10-11-19)16-4-6-17(20)7-5-16/h2-9,12-14,23H,10-11H2,1H3. The van der Waals surface area contributed by atoms with Crippen LogP contribution in [0.4, 0.5) is 0 Å². The van der Waals surface area contributed by atoms with E-state index in [1.54, 1.807) is 17.3 Å². The number of halogens is 1. The molecule has 1 saturated carbocycles. The molecule has 122 valence electrons. The maximum absolute atomic E-state index is 6.01. The van der Waals surface area contributed by atoms with Crippen LogP contribution < -0.4 is 5.32 Å². The van der Waals surface area contributed by atoms with Crippen molar-refractivity contribution >= 4 is 11.6 Å². The summed E-state index contributed by atoms with van der Waals surface area (Å²) in [6.45, 7) is 2.21. The van der Waals surface area contributed by atoms with Gasteiger partial charge in [-0.05, 0) is 55.2 Å². The van der Waals surface area contributed by atoms with Gasteiger partial charge >= 0.3 is 0 Å². The summed E-state index contributed by atoms with van der Waals surface area (Å²) >= 11 is 6.01. The van der Waals surface area contributed by atoms with E-state index in [0.29, 0.717) is 0 Å². The second-order valence-corrected chi connectivity index (χ2v) is 6.82. The van der Waals surface area contributed by atoms with Crippen molar-refractivity contribution in [3.05, 3.63) is 77.3 Å². The maximum Gasteiger partial charge on any atom is 0.138 e. The number of nitrogens with one attached hydrogen (secondary N) is 1. The van der Waals surface area contributed by atoms with Gasteiger partial charge in [0.15, 0.2) is 0 Å². The molecule has 1 fully saturated rings. The lowest BCUT2D eigenvalue weighted by Gasteiger charge is -2.24. The third kappa shape index (κ3) is 2.95. The highest BCUT2D eigenvalue weighted by atomic mass is 35.5. The Hall–Kier alpha value is -2.17. The van der Waals surface area contributed by atoms with Crippen molar-refractivity contribution in [2.24, 2.45) is 0 Å². The van der Waals surface area contributed by atoms with Crippen LogP contribution in [0.2, 0.25) is 5.02 Å². The monoisotopic (exact) mass is 338 g/mol. The van der Waals surface area contributed by atoms with Crippen molar-refractivity contribution in [3.8, 4) is 5.69 Å². The molecule has 0 amide bonds. The molecule has 0 bridgehead atoms. The quantitative estimate of drug-likeness (QED) is 0.755. The average Bonchev–Trinajstić information content (AvgIpc) is 3.18. The minimum atomic E-state index is 0.0918. The summed E-state index contributed by atoms with van der Waals surface area (Å²) in [5, 5.41) is 8.74. The molecule has 1 unspecified atom stereocenters. The first kappa shape index (κ1) is 15.4. The van der Waals surface area contributed by atoms with Gasteiger partial charge in [-0.1, -0.05) is 35.9 Å². The van der Waals surface area contributed by atoms with Crippen LogP contribution in [0.3, 0.4) is 0 Å². The average molecular weight is 339 g/mol. The molecule has 2 aromatic carbocycles. The highest BCUT2D eigenvalue weighted by Gasteiger charge is 2.44. The van der Waals surface area contributed by atoms with Gasteiger partial charge in [0, 0.05) is 16.6 Å². The molecule has 0 saturated heterocycles. The zero-order valence-electron chi connectivity index (χ0n) is 13.5. The van der Waals surface area contributed by atoms with E-state index in [0.717, 1.165) is 23.6 Å². The van der Waals surface area contributed by atoms with Gasteiger partial charge in [-0.3, -0.25) is 0 Å². The topological polar surface area (TPSA) is 42.7 Å². The van der Waals surface area contributed by atoms with Gasteiger partial charge in [-0.2, -0.15) is 5.10 Å². The van der Waals surface area contributed by atoms with Crippen molar-refractivity contribution in [3.63, 3.8) is 0 Å². The predicted molar refractivity (Wildman–Crippen MR) is 95.3 cm³/mol. The first-order valence-corrected chi connectivity index (χ1v) is 8.53. The fraction of sp³-hybridized carbons (Fsp3) is 0.263. The van der Waals surface area contributed by atoms with Gasteiger partial charge in [-0.15, -0.1) is 0 Å². The lowest BCUT2D eigenvalue weighted by molar-refractivity contribution is 0.451. The van der Waals surface area contributed by atoms with Crippen LogP contribution in [0.5, 0.6) is 0 Å². The minimum absolute atomic E-state index is 0.0918. The molecular formula is C19H19ClN4. The zero-order valence-corrected chi connectivity index (χ0v) is 14.2. The SMILES string of the molecule is CC(NC1(c2ccc(Cl)cc2)CC1)c1ccc(-n2cncn2)cc1. The predicted octanol–water partition coefficient (Wildman–Crippen LogP) is 4.26. The molecule has 1 atom stereocenters. The molecule has 1 heterocycles. The summed E-state index contributed by atoms with van der Waals surface area (Å²) < 4.78 is 1.76. The van der Waals surface area contributed by atoms with Crippen LogP contribution in [0.15, 0.2) is 61.2 Å². The molecule has 3 aromatic rings. The first-order valence-electron chi connectivity index (χ1n) is 8.15. The van der Waals surface area contributed by atoms with Crippen LogP contribution in [-0.4, -0.2) is 14.8 Å². The number of benzene rings is 2. The third-order valence-corrected chi connectivity index (χ3v) is 4.97. The molecule has 4 nitrogen and oxygen atoms in total. The minimum Gasteiger partial charge on any atom is -0.301 e. The van der Waals surface area contributed by atoms with E-state index in [2.05, 4.69) is 58.7 Å². The van der Waals surface area contributed by atoms with Crippen LogP contribution in [-0.2, 0) is 5.54 Å². The van der Waals surface area contributed by atoms with Gasteiger partial charge in [0.1, 0.15) is 12.7 Å². The lowest BCUT2D eigenvalue weighted by Crippen LogP contribution is -2.31. The molecule has 1 aliphatic carbocycles. The van der Waals surface area contributed by atoms with E-state index in [9.17, 15) is 0 Å². The maximum atomic E-state index is 6.01. The van der Waals surface area contributed by atoms with Crippen LogP contribution in [0.25, 0.3) is 5.69 Å². The second kappa shape index (κ2) is 6.04. The highest BCUT2D eigenvalue weighted by molar-refractivity contribution is 6.30. The smallest absolute Gasteiger partial charge is 0.138 e. The Morgan fingerprint density at radius 3 is 2.38 bits per heavy atom. The van der Waals surface area contributed by atoms with Gasteiger partial charge in [-0.25, -0.2) is 9.67 Å². The van der Waals surface area contributed by atoms with Gasteiger partial charge < -0.3 is 5.32 Å². The Bertz CT molecular complexity index is 806. The summed E-state index contributed by atoms with van der Waals surface area (Å²) in [5.41, 5.74) is 3.69. The van der Waals surface area contributed by atoms with Crippen molar-refractivity contribution in [2.45, 2.75) is 31.3 Å². The second-order valence-electron chi connectivity index (χ2n) is 6.39. The van der Waals surface area contributed by atoms with Crippen molar-refractivity contribution in [2.75, 3.05) is 0 Å². The summed E-state index contributed by atoms with van der Waals surface area (Å²) in [4.78, 5) is 3.98. The summed E-state index contributed by atoms with van der Waals surface area (Å²) in [5.74, 6) is 0. The Kier molecular flexibility index (Phi) is 3.87. The molecule has 4 rings (SSSR count). The number of hydrogen-bond acceptors (Lipinski definition) is 3. The summed E-state index contributed by atoms with van der Waals surface area (Å²) in [7, 11) is 0. The summed E-state index contributed by atoms with van der Waals surface area (Å²) in [6.07, 6.45) is 5.57. The molecule has 1 aromatic heterocycles. The molecule has 5 heteroatoms. The van der Waals surface area contributed by atoms with E-state index < -0.39 is 0 Å². The molecular weight excluding hydrogens is 320 g/mol. The van der Waals surface area contributed by atoms with Crippen LogP contribution in [0.1, 0.15) is 36.9 Å². The first-order chi connectivity index (χ1) is 11.7.